The summed E-state index contributed by atoms with van der Waals surface area (Å²) in [6, 6.07) is -0.293. The maximum Gasteiger partial charge on any atom is 0.0859 e. The van der Waals surface area contributed by atoms with Crippen molar-refractivity contribution in [1.82, 2.24) is 0 Å². The van der Waals surface area contributed by atoms with Gasteiger partial charge in [-0.3, -0.25) is 0 Å². The highest BCUT2D eigenvalue weighted by Gasteiger charge is 2.21. The van der Waals surface area contributed by atoms with Crippen molar-refractivity contribution in [3.05, 3.63) is 10.4 Å². The zero-order chi connectivity index (χ0) is 7.40. The molecule has 1 heterocycles. The molecule has 1 unspecified atom stereocenters. The Bertz CT molecular complexity index is 155. The molecule has 0 aromatic heterocycles. The fourth-order valence-electron chi connectivity index (χ4n) is 0.913. The average Bonchev–Trinajstić information content (AvgIpc) is 1.94. The van der Waals surface area contributed by atoms with E-state index >= 15 is 0 Å². The number of aliphatic hydroxyl groups is 1. The van der Waals surface area contributed by atoms with Crippen LogP contribution >= 0.6 is 0 Å². The molecule has 0 saturated carbocycles. The lowest BCUT2D eigenvalue weighted by Crippen LogP contribution is -2.34. The first-order chi connectivity index (χ1) is 4.84. The first kappa shape index (κ1) is 7.34. The van der Waals surface area contributed by atoms with E-state index < -0.39 is 6.10 Å². The Morgan fingerprint density at radius 2 is 2.50 bits per heavy atom. The van der Waals surface area contributed by atoms with Crippen molar-refractivity contribution >= 4 is 0 Å². The predicted octanol–water partition coefficient (Wildman–Crippen LogP) is 0.447. The molecule has 0 radical (unpaired) electrons. The van der Waals surface area contributed by atoms with Gasteiger partial charge >= 0.3 is 0 Å². The van der Waals surface area contributed by atoms with Gasteiger partial charge in [0.15, 0.2) is 0 Å². The first-order valence-electron chi connectivity index (χ1n) is 3.14. The summed E-state index contributed by atoms with van der Waals surface area (Å²) in [6.45, 7) is 0.852. The Kier molecular flexibility index (Phi) is 2.50. The second-order valence-corrected chi connectivity index (χ2v) is 2.20. The second-order valence-electron chi connectivity index (χ2n) is 2.20. The van der Waals surface area contributed by atoms with Gasteiger partial charge in [-0.15, -0.1) is 0 Å². The highest BCUT2D eigenvalue weighted by molar-refractivity contribution is 4.78. The van der Waals surface area contributed by atoms with E-state index in [1.807, 2.05) is 0 Å². The fourth-order valence-corrected chi connectivity index (χ4v) is 0.913. The third-order valence-electron chi connectivity index (χ3n) is 1.49. The van der Waals surface area contributed by atoms with Gasteiger partial charge in [-0.2, -0.15) is 0 Å². The van der Waals surface area contributed by atoms with E-state index in [1.54, 1.807) is 0 Å². The summed E-state index contributed by atoms with van der Waals surface area (Å²) in [5, 5.41) is 12.5. The topological polar surface area (TPSA) is 78.2 Å². The smallest absolute Gasteiger partial charge is 0.0859 e. The zero-order valence-corrected chi connectivity index (χ0v) is 5.47. The first-order valence-corrected chi connectivity index (χ1v) is 3.14. The van der Waals surface area contributed by atoms with Crippen molar-refractivity contribution in [2.45, 2.75) is 18.6 Å². The van der Waals surface area contributed by atoms with Crippen LogP contribution in [0.25, 0.3) is 10.4 Å². The largest absolute Gasteiger partial charge is 0.390 e. The minimum atomic E-state index is -0.621. The molecular formula is C5H9N3O2. The minimum absolute atomic E-state index is 0.281. The summed E-state index contributed by atoms with van der Waals surface area (Å²) in [4.78, 5) is 2.62. The van der Waals surface area contributed by atoms with Gasteiger partial charge in [-0.05, 0) is 12.0 Å². The molecule has 1 aliphatic heterocycles. The van der Waals surface area contributed by atoms with Crippen LogP contribution < -0.4 is 0 Å². The Labute approximate surface area is 58.2 Å². The van der Waals surface area contributed by atoms with E-state index in [0.717, 1.165) is 0 Å². The van der Waals surface area contributed by atoms with Crippen LogP contribution in [0.2, 0.25) is 0 Å². The highest BCUT2D eigenvalue weighted by Crippen LogP contribution is 2.10. The van der Waals surface area contributed by atoms with Gasteiger partial charge < -0.3 is 9.84 Å². The molecule has 5 nitrogen and oxygen atoms in total. The van der Waals surface area contributed by atoms with Gasteiger partial charge in [0.05, 0.1) is 18.8 Å². The van der Waals surface area contributed by atoms with Crippen molar-refractivity contribution in [1.29, 1.82) is 0 Å². The second kappa shape index (κ2) is 3.41. The number of rotatable bonds is 1. The summed E-state index contributed by atoms with van der Waals surface area (Å²) in [6.07, 6.45) is -0.00440. The molecule has 0 aromatic rings. The van der Waals surface area contributed by atoms with Crippen molar-refractivity contribution in [3.63, 3.8) is 0 Å². The van der Waals surface area contributed by atoms with E-state index in [2.05, 4.69) is 10.0 Å². The molecule has 1 saturated heterocycles. The van der Waals surface area contributed by atoms with Crippen LogP contribution in [-0.4, -0.2) is 30.5 Å². The lowest BCUT2D eigenvalue weighted by atomic mass is 10.1. The summed E-state index contributed by atoms with van der Waals surface area (Å²) in [5.41, 5.74) is 8.04. The van der Waals surface area contributed by atoms with Crippen LogP contribution in [0.1, 0.15) is 6.42 Å². The van der Waals surface area contributed by atoms with Gasteiger partial charge in [0.2, 0.25) is 0 Å². The van der Waals surface area contributed by atoms with Crippen LogP contribution in [-0.2, 0) is 4.74 Å². The summed E-state index contributed by atoms with van der Waals surface area (Å²) < 4.78 is 4.92. The van der Waals surface area contributed by atoms with Gasteiger partial charge in [0, 0.05) is 11.5 Å². The molecular weight excluding hydrogens is 134 g/mol. The molecule has 56 valence electrons. The quantitative estimate of drug-likeness (QED) is 0.328. The van der Waals surface area contributed by atoms with E-state index in [-0.39, 0.29) is 12.6 Å². The van der Waals surface area contributed by atoms with Gasteiger partial charge in [-0.1, -0.05) is 5.11 Å². The standard InChI is InChI=1S/C5H9N3O2/c6-8-7-4-1-2-10-3-5(4)9/h4-5,9H,1-3H2/t4?,5-/m0/s1. The number of aliphatic hydroxyl groups excluding tert-OH is 1. The van der Waals surface area contributed by atoms with Crippen molar-refractivity contribution in [2.24, 2.45) is 5.11 Å². The van der Waals surface area contributed by atoms with Gasteiger partial charge in [0.25, 0.3) is 0 Å². The molecule has 0 aliphatic carbocycles. The molecule has 0 amide bonds. The van der Waals surface area contributed by atoms with Gasteiger partial charge in [-0.25, -0.2) is 0 Å². The Morgan fingerprint density at radius 1 is 1.70 bits per heavy atom. The maximum absolute atomic E-state index is 9.11. The number of ether oxygens (including phenoxy) is 1. The van der Waals surface area contributed by atoms with Crippen molar-refractivity contribution < 1.29 is 9.84 Å². The summed E-state index contributed by atoms with van der Waals surface area (Å²) in [7, 11) is 0. The summed E-state index contributed by atoms with van der Waals surface area (Å²) in [5.74, 6) is 0. The molecule has 1 aliphatic rings. The van der Waals surface area contributed by atoms with Crippen LogP contribution in [0.5, 0.6) is 0 Å². The molecule has 1 fully saturated rings. The van der Waals surface area contributed by atoms with Crippen molar-refractivity contribution in [3.8, 4) is 0 Å². The fraction of sp³-hybridized carbons (Fsp3) is 1.00. The van der Waals surface area contributed by atoms with E-state index in [0.29, 0.717) is 13.0 Å². The minimum Gasteiger partial charge on any atom is -0.390 e. The zero-order valence-electron chi connectivity index (χ0n) is 5.47. The monoisotopic (exact) mass is 143 g/mol. The van der Waals surface area contributed by atoms with Crippen molar-refractivity contribution in [2.75, 3.05) is 13.2 Å². The normalized spacial score (nSPS) is 32.9. The number of nitrogens with zero attached hydrogens (tertiary/aromatic N) is 3. The molecule has 0 bridgehead atoms. The molecule has 10 heavy (non-hydrogen) atoms. The Balaban J connectivity index is 2.47. The Hall–Kier alpha value is -0.770. The molecule has 1 rings (SSSR count). The van der Waals surface area contributed by atoms with E-state index in [1.165, 1.54) is 0 Å². The van der Waals surface area contributed by atoms with Crippen LogP contribution in [0.3, 0.4) is 0 Å². The number of azide groups is 1. The number of hydrogen-bond acceptors (Lipinski definition) is 3. The van der Waals surface area contributed by atoms with Crippen LogP contribution in [0.4, 0.5) is 0 Å². The molecule has 1 N–H and O–H groups in total. The summed E-state index contributed by atoms with van der Waals surface area (Å²) >= 11 is 0. The molecule has 2 atom stereocenters. The van der Waals surface area contributed by atoms with E-state index in [4.69, 9.17) is 15.4 Å². The lowest BCUT2D eigenvalue weighted by Gasteiger charge is -2.23. The predicted molar refractivity (Wildman–Crippen MR) is 34.4 cm³/mol. The van der Waals surface area contributed by atoms with Crippen LogP contribution in [0, 0.1) is 0 Å². The average molecular weight is 143 g/mol. The molecule has 0 aromatic carbocycles. The molecule has 0 spiro atoms. The third kappa shape index (κ3) is 1.60. The SMILES string of the molecule is [N-]=[N+]=NC1CCOC[C@@H]1O. The number of hydrogen-bond donors (Lipinski definition) is 1. The van der Waals surface area contributed by atoms with Crippen LogP contribution in [0.15, 0.2) is 5.11 Å². The van der Waals surface area contributed by atoms with Gasteiger partial charge in [0.1, 0.15) is 0 Å². The highest BCUT2D eigenvalue weighted by atomic mass is 16.5. The Morgan fingerprint density at radius 3 is 3.10 bits per heavy atom. The third-order valence-corrected chi connectivity index (χ3v) is 1.49. The molecule has 5 heteroatoms. The lowest BCUT2D eigenvalue weighted by molar-refractivity contribution is -0.0181. The van der Waals surface area contributed by atoms with E-state index in [9.17, 15) is 0 Å². The maximum atomic E-state index is 9.11.